The molecule has 0 aliphatic heterocycles. The number of nitrogens with zero attached hydrogens (tertiary/aromatic N) is 1. The summed E-state index contributed by atoms with van der Waals surface area (Å²) in [5, 5.41) is 10.7. The van der Waals surface area contributed by atoms with Crippen LogP contribution >= 0.6 is 11.3 Å². The number of aromatic hydroxyl groups is 1. The second-order valence-corrected chi connectivity index (χ2v) is 6.52. The van der Waals surface area contributed by atoms with Crippen LogP contribution in [0.5, 0.6) is 11.5 Å². The number of H-pyrrole nitrogens is 1. The van der Waals surface area contributed by atoms with E-state index in [1.54, 1.807) is 19.2 Å². The molecule has 0 spiro atoms. The summed E-state index contributed by atoms with van der Waals surface area (Å²) in [7, 11) is 1.54. The molecule has 0 aliphatic rings. The zero-order valence-corrected chi connectivity index (χ0v) is 14.1. The molecule has 5 nitrogen and oxygen atoms in total. The van der Waals surface area contributed by atoms with Gasteiger partial charge in [-0.3, -0.25) is 4.79 Å². The van der Waals surface area contributed by atoms with E-state index in [-0.39, 0.29) is 11.3 Å². The maximum absolute atomic E-state index is 12.5. The van der Waals surface area contributed by atoms with Crippen LogP contribution in [0.25, 0.3) is 32.0 Å². The van der Waals surface area contributed by atoms with Crippen molar-refractivity contribution >= 4 is 21.6 Å². The summed E-state index contributed by atoms with van der Waals surface area (Å²) in [5.41, 5.74) is 1.23. The summed E-state index contributed by atoms with van der Waals surface area (Å²) in [6, 6.07) is 16.5. The molecule has 2 aromatic heterocycles. The van der Waals surface area contributed by atoms with Gasteiger partial charge in [0.15, 0.2) is 0 Å². The van der Waals surface area contributed by atoms with Gasteiger partial charge in [-0.1, -0.05) is 30.3 Å². The van der Waals surface area contributed by atoms with Crippen LogP contribution in [-0.2, 0) is 0 Å². The third-order valence-electron chi connectivity index (χ3n) is 3.92. The van der Waals surface area contributed by atoms with E-state index in [0.717, 1.165) is 10.4 Å². The minimum absolute atomic E-state index is 0.0307. The van der Waals surface area contributed by atoms with Crippen LogP contribution in [0.2, 0.25) is 0 Å². The van der Waals surface area contributed by atoms with Gasteiger partial charge in [-0.15, -0.1) is 11.3 Å². The molecule has 0 amide bonds. The SMILES string of the molecule is COc1ccc(O)c(-c2nc3sc(-c4ccccc4)cc3c(=O)[nH]2)c1. The number of nitrogens with one attached hydrogen (secondary N) is 1. The predicted molar refractivity (Wildman–Crippen MR) is 99.3 cm³/mol. The fourth-order valence-electron chi connectivity index (χ4n) is 2.64. The average molecular weight is 350 g/mol. The van der Waals surface area contributed by atoms with Crippen molar-refractivity contribution < 1.29 is 9.84 Å². The maximum atomic E-state index is 12.5. The van der Waals surface area contributed by atoms with E-state index in [1.165, 1.54) is 17.4 Å². The summed E-state index contributed by atoms with van der Waals surface area (Å²) >= 11 is 1.45. The second-order valence-electron chi connectivity index (χ2n) is 5.49. The number of hydrogen-bond acceptors (Lipinski definition) is 5. The molecule has 2 heterocycles. The lowest BCUT2D eigenvalue weighted by molar-refractivity contribution is 0.412. The standard InChI is InChI=1S/C19H14N2O3S/c1-24-12-7-8-15(22)13(9-12)17-20-18(23)14-10-16(25-19(14)21-17)11-5-3-2-4-6-11/h2-10,22H,1H3,(H,20,21,23). The molecule has 6 heteroatoms. The molecular formula is C19H14N2O3S. The average Bonchev–Trinajstić information content (AvgIpc) is 3.08. The van der Waals surface area contributed by atoms with E-state index >= 15 is 0 Å². The number of rotatable bonds is 3. The Morgan fingerprint density at radius 3 is 2.68 bits per heavy atom. The number of aromatic amines is 1. The minimum Gasteiger partial charge on any atom is -0.507 e. The fourth-order valence-corrected chi connectivity index (χ4v) is 3.67. The highest BCUT2D eigenvalue weighted by molar-refractivity contribution is 7.21. The third kappa shape index (κ3) is 2.77. The van der Waals surface area contributed by atoms with Crippen LogP contribution in [0.4, 0.5) is 0 Å². The first-order valence-corrected chi connectivity index (χ1v) is 8.44. The van der Waals surface area contributed by atoms with Gasteiger partial charge in [0.05, 0.1) is 18.1 Å². The number of aromatic nitrogens is 2. The lowest BCUT2D eigenvalue weighted by atomic mass is 10.1. The molecule has 0 atom stereocenters. The zero-order chi connectivity index (χ0) is 17.4. The summed E-state index contributed by atoms with van der Waals surface area (Å²) in [5.74, 6) is 0.921. The van der Waals surface area contributed by atoms with E-state index < -0.39 is 0 Å². The largest absolute Gasteiger partial charge is 0.507 e. The van der Waals surface area contributed by atoms with Crippen LogP contribution < -0.4 is 10.3 Å². The fraction of sp³-hybridized carbons (Fsp3) is 0.0526. The Morgan fingerprint density at radius 2 is 1.92 bits per heavy atom. The van der Waals surface area contributed by atoms with Crippen LogP contribution in [0.15, 0.2) is 59.4 Å². The van der Waals surface area contributed by atoms with Crippen LogP contribution in [0.3, 0.4) is 0 Å². The van der Waals surface area contributed by atoms with Gasteiger partial charge in [-0.2, -0.15) is 0 Å². The number of methoxy groups -OCH3 is 1. The van der Waals surface area contributed by atoms with E-state index in [9.17, 15) is 9.90 Å². The van der Waals surface area contributed by atoms with Gasteiger partial charge >= 0.3 is 0 Å². The highest BCUT2D eigenvalue weighted by atomic mass is 32.1. The normalized spacial score (nSPS) is 10.9. The quantitative estimate of drug-likeness (QED) is 0.585. The Kier molecular flexibility index (Phi) is 3.74. The van der Waals surface area contributed by atoms with Gasteiger partial charge in [-0.25, -0.2) is 4.98 Å². The van der Waals surface area contributed by atoms with Crippen molar-refractivity contribution in [2.75, 3.05) is 7.11 Å². The highest BCUT2D eigenvalue weighted by Gasteiger charge is 2.14. The van der Waals surface area contributed by atoms with Crippen molar-refractivity contribution in [3.8, 4) is 33.3 Å². The summed E-state index contributed by atoms with van der Waals surface area (Å²) in [6.07, 6.45) is 0. The zero-order valence-electron chi connectivity index (χ0n) is 13.3. The molecule has 0 radical (unpaired) electrons. The molecule has 4 rings (SSSR count). The number of fused-ring (bicyclic) bond motifs is 1. The van der Waals surface area contributed by atoms with Crippen molar-refractivity contribution in [1.29, 1.82) is 0 Å². The molecular weight excluding hydrogens is 336 g/mol. The molecule has 124 valence electrons. The monoisotopic (exact) mass is 350 g/mol. The Hall–Kier alpha value is -3.12. The second kappa shape index (κ2) is 6.07. The lowest BCUT2D eigenvalue weighted by Gasteiger charge is -2.06. The molecule has 0 fully saturated rings. The van der Waals surface area contributed by atoms with Gasteiger partial charge in [-0.05, 0) is 29.8 Å². The first-order valence-electron chi connectivity index (χ1n) is 7.62. The number of thiophene rings is 1. The molecule has 0 unspecified atom stereocenters. The number of phenolic OH excluding ortho intramolecular Hbond substituents is 1. The molecule has 2 aromatic carbocycles. The van der Waals surface area contributed by atoms with E-state index in [1.807, 2.05) is 36.4 Å². The first kappa shape index (κ1) is 15.4. The van der Waals surface area contributed by atoms with E-state index in [4.69, 9.17) is 4.74 Å². The molecule has 0 bridgehead atoms. The Labute approximate surface area is 147 Å². The Bertz CT molecular complexity index is 1120. The highest BCUT2D eigenvalue weighted by Crippen LogP contribution is 2.34. The predicted octanol–water partition coefficient (Wildman–Crippen LogP) is 4.03. The number of phenols is 1. The number of benzene rings is 2. The van der Waals surface area contributed by atoms with Crippen molar-refractivity contribution in [2.24, 2.45) is 0 Å². The van der Waals surface area contributed by atoms with Crippen molar-refractivity contribution in [1.82, 2.24) is 9.97 Å². The molecule has 0 saturated heterocycles. The van der Waals surface area contributed by atoms with Crippen LogP contribution in [0, 0.1) is 0 Å². The van der Waals surface area contributed by atoms with Crippen molar-refractivity contribution in [3.63, 3.8) is 0 Å². The summed E-state index contributed by atoms with van der Waals surface area (Å²) in [4.78, 5) is 21.4. The van der Waals surface area contributed by atoms with E-state index in [0.29, 0.717) is 27.4 Å². The third-order valence-corrected chi connectivity index (χ3v) is 5.00. The summed E-state index contributed by atoms with van der Waals surface area (Å²) in [6.45, 7) is 0. The summed E-state index contributed by atoms with van der Waals surface area (Å²) < 4.78 is 5.18. The van der Waals surface area contributed by atoms with Gasteiger partial charge in [0, 0.05) is 4.88 Å². The van der Waals surface area contributed by atoms with Gasteiger partial charge in [0.25, 0.3) is 5.56 Å². The molecule has 25 heavy (non-hydrogen) atoms. The lowest BCUT2D eigenvalue weighted by Crippen LogP contribution is -2.08. The van der Waals surface area contributed by atoms with Crippen molar-refractivity contribution in [3.05, 3.63) is 65.0 Å². The number of ether oxygens (including phenoxy) is 1. The molecule has 0 saturated carbocycles. The smallest absolute Gasteiger partial charge is 0.259 e. The topological polar surface area (TPSA) is 75.2 Å². The van der Waals surface area contributed by atoms with E-state index in [2.05, 4.69) is 9.97 Å². The Morgan fingerprint density at radius 1 is 1.12 bits per heavy atom. The molecule has 2 N–H and O–H groups in total. The Balaban J connectivity index is 1.89. The maximum Gasteiger partial charge on any atom is 0.259 e. The molecule has 4 aromatic rings. The van der Waals surface area contributed by atoms with Gasteiger partial charge < -0.3 is 14.8 Å². The van der Waals surface area contributed by atoms with Gasteiger partial charge in [0.2, 0.25) is 0 Å². The van der Waals surface area contributed by atoms with Crippen molar-refractivity contribution in [2.45, 2.75) is 0 Å². The molecule has 0 aliphatic carbocycles. The van der Waals surface area contributed by atoms with Crippen LogP contribution in [-0.4, -0.2) is 22.2 Å². The first-order chi connectivity index (χ1) is 12.2. The van der Waals surface area contributed by atoms with Gasteiger partial charge in [0.1, 0.15) is 22.2 Å². The van der Waals surface area contributed by atoms with Crippen LogP contribution in [0.1, 0.15) is 0 Å². The number of hydrogen-bond donors (Lipinski definition) is 2. The minimum atomic E-state index is -0.236.